The first-order valence-electron chi connectivity index (χ1n) is 11.2. The average Bonchev–Trinajstić information content (AvgIpc) is 3.29. The Balaban J connectivity index is 0.00000289. The van der Waals surface area contributed by atoms with Crippen LogP contribution in [0.15, 0.2) is 78.0 Å². The molecule has 4 rings (SSSR count). The van der Waals surface area contributed by atoms with Gasteiger partial charge in [0.2, 0.25) is 0 Å². The van der Waals surface area contributed by atoms with Gasteiger partial charge in [-0.15, -0.1) is 24.0 Å². The fourth-order valence-electron chi connectivity index (χ4n) is 3.92. The Hall–Kier alpha value is -2.39. The first-order chi connectivity index (χ1) is 15.3. The number of aromatic nitrogens is 2. The number of guanidine groups is 1. The highest BCUT2D eigenvalue weighted by Crippen LogP contribution is 2.14. The summed E-state index contributed by atoms with van der Waals surface area (Å²) in [5, 5.41) is 11.5. The summed E-state index contributed by atoms with van der Waals surface area (Å²) in [5.74, 6) is 0.886. The van der Waals surface area contributed by atoms with Gasteiger partial charge >= 0.3 is 0 Å². The Morgan fingerprint density at radius 3 is 2.38 bits per heavy atom. The minimum Gasteiger partial charge on any atom is -0.357 e. The van der Waals surface area contributed by atoms with E-state index in [-0.39, 0.29) is 24.0 Å². The normalized spacial score (nSPS) is 15.2. The second-order valence-corrected chi connectivity index (χ2v) is 8.00. The van der Waals surface area contributed by atoms with E-state index in [1.807, 2.05) is 35.3 Å². The van der Waals surface area contributed by atoms with E-state index in [0.717, 1.165) is 56.2 Å². The SMILES string of the molecule is CCNC(=NCc1cnn(-c2ccccc2)c1)NC1CCN(Cc2ccccc2)CC1.I. The molecule has 3 aromatic rings. The molecule has 1 aliphatic heterocycles. The van der Waals surface area contributed by atoms with Crippen molar-refractivity contribution < 1.29 is 0 Å². The predicted molar refractivity (Wildman–Crippen MR) is 142 cm³/mol. The van der Waals surface area contributed by atoms with Crippen molar-refractivity contribution in [3.63, 3.8) is 0 Å². The van der Waals surface area contributed by atoms with Crippen LogP contribution in [0.5, 0.6) is 0 Å². The molecule has 6 nitrogen and oxygen atoms in total. The van der Waals surface area contributed by atoms with E-state index in [9.17, 15) is 0 Å². The van der Waals surface area contributed by atoms with Crippen LogP contribution in [-0.4, -0.2) is 46.3 Å². The first-order valence-corrected chi connectivity index (χ1v) is 11.2. The summed E-state index contributed by atoms with van der Waals surface area (Å²) in [6, 6.07) is 21.3. The van der Waals surface area contributed by atoms with Crippen molar-refractivity contribution in [2.45, 2.75) is 38.9 Å². The largest absolute Gasteiger partial charge is 0.357 e. The molecule has 0 unspecified atom stereocenters. The fourth-order valence-corrected chi connectivity index (χ4v) is 3.92. The molecule has 1 fully saturated rings. The lowest BCUT2D eigenvalue weighted by atomic mass is 10.0. The van der Waals surface area contributed by atoms with Crippen molar-refractivity contribution in [3.05, 3.63) is 84.2 Å². The molecule has 170 valence electrons. The lowest BCUT2D eigenvalue weighted by molar-refractivity contribution is 0.198. The highest BCUT2D eigenvalue weighted by Gasteiger charge is 2.20. The van der Waals surface area contributed by atoms with Gasteiger partial charge < -0.3 is 10.6 Å². The summed E-state index contributed by atoms with van der Waals surface area (Å²) in [6.07, 6.45) is 6.19. The number of rotatable bonds is 7. The number of nitrogens with one attached hydrogen (secondary N) is 2. The van der Waals surface area contributed by atoms with E-state index < -0.39 is 0 Å². The summed E-state index contributed by atoms with van der Waals surface area (Å²) in [4.78, 5) is 7.34. The second kappa shape index (κ2) is 12.6. The van der Waals surface area contributed by atoms with Crippen LogP contribution in [0.25, 0.3) is 5.69 Å². The van der Waals surface area contributed by atoms with Crippen molar-refractivity contribution in [1.29, 1.82) is 0 Å². The fraction of sp³-hybridized carbons (Fsp3) is 0.360. The van der Waals surface area contributed by atoms with E-state index in [1.165, 1.54) is 5.56 Å². The zero-order valence-electron chi connectivity index (χ0n) is 18.7. The lowest BCUT2D eigenvalue weighted by Crippen LogP contribution is -2.48. The topological polar surface area (TPSA) is 57.5 Å². The van der Waals surface area contributed by atoms with Crippen LogP contribution in [0.2, 0.25) is 0 Å². The maximum absolute atomic E-state index is 4.80. The van der Waals surface area contributed by atoms with Crippen LogP contribution in [0.1, 0.15) is 30.9 Å². The van der Waals surface area contributed by atoms with Gasteiger partial charge in [0.25, 0.3) is 0 Å². The highest BCUT2D eigenvalue weighted by atomic mass is 127. The maximum Gasteiger partial charge on any atom is 0.191 e. The van der Waals surface area contributed by atoms with Crippen LogP contribution < -0.4 is 10.6 Å². The minimum atomic E-state index is 0. The van der Waals surface area contributed by atoms with Gasteiger partial charge in [-0.2, -0.15) is 5.10 Å². The van der Waals surface area contributed by atoms with E-state index in [0.29, 0.717) is 12.6 Å². The van der Waals surface area contributed by atoms with Crippen molar-refractivity contribution in [1.82, 2.24) is 25.3 Å². The number of para-hydroxylation sites is 1. The molecule has 0 amide bonds. The van der Waals surface area contributed by atoms with Crippen molar-refractivity contribution in [2.24, 2.45) is 4.99 Å². The number of likely N-dealkylation sites (tertiary alicyclic amines) is 1. The van der Waals surface area contributed by atoms with Crippen LogP contribution in [0.4, 0.5) is 0 Å². The summed E-state index contributed by atoms with van der Waals surface area (Å²) < 4.78 is 1.90. The maximum atomic E-state index is 4.80. The molecule has 0 radical (unpaired) electrons. The average molecular weight is 544 g/mol. The van der Waals surface area contributed by atoms with E-state index in [2.05, 4.69) is 70.0 Å². The Kier molecular flexibility index (Phi) is 9.55. The molecular weight excluding hydrogens is 511 g/mol. The Bertz CT molecular complexity index is 949. The molecule has 0 saturated carbocycles. The van der Waals surface area contributed by atoms with E-state index >= 15 is 0 Å². The lowest BCUT2D eigenvalue weighted by Gasteiger charge is -2.33. The summed E-state index contributed by atoms with van der Waals surface area (Å²) >= 11 is 0. The summed E-state index contributed by atoms with van der Waals surface area (Å²) in [7, 11) is 0. The number of hydrogen-bond donors (Lipinski definition) is 2. The zero-order valence-corrected chi connectivity index (χ0v) is 21.0. The van der Waals surface area contributed by atoms with Gasteiger partial charge in [0, 0.05) is 44.0 Å². The van der Waals surface area contributed by atoms with Crippen molar-refractivity contribution in [3.8, 4) is 5.69 Å². The van der Waals surface area contributed by atoms with Crippen LogP contribution in [-0.2, 0) is 13.1 Å². The molecule has 1 saturated heterocycles. The van der Waals surface area contributed by atoms with Gasteiger partial charge in [0.05, 0.1) is 18.4 Å². The molecule has 2 heterocycles. The van der Waals surface area contributed by atoms with Crippen molar-refractivity contribution >= 4 is 29.9 Å². The molecule has 2 N–H and O–H groups in total. The van der Waals surface area contributed by atoms with Crippen LogP contribution in [0, 0.1) is 0 Å². The van der Waals surface area contributed by atoms with E-state index in [1.54, 1.807) is 0 Å². The molecule has 1 aromatic heterocycles. The quantitative estimate of drug-likeness (QED) is 0.266. The Morgan fingerprint density at radius 1 is 1.00 bits per heavy atom. The zero-order chi connectivity index (χ0) is 21.3. The monoisotopic (exact) mass is 544 g/mol. The predicted octanol–water partition coefficient (Wildman–Crippen LogP) is 4.21. The van der Waals surface area contributed by atoms with Gasteiger partial charge in [-0.1, -0.05) is 48.5 Å². The first kappa shape index (κ1) is 24.3. The molecule has 1 aliphatic rings. The highest BCUT2D eigenvalue weighted by molar-refractivity contribution is 14.0. The third kappa shape index (κ3) is 7.06. The molecule has 0 bridgehead atoms. The Labute approximate surface area is 208 Å². The molecule has 0 atom stereocenters. The van der Waals surface area contributed by atoms with Crippen LogP contribution >= 0.6 is 24.0 Å². The number of benzene rings is 2. The molecule has 7 heteroatoms. The van der Waals surface area contributed by atoms with Gasteiger partial charge in [0.15, 0.2) is 5.96 Å². The van der Waals surface area contributed by atoms with Gasteiger partial charge in [-0.05, 0) is 37.5 Å². The Morgan fingerprint density at radius 2 is 1.69 bits per heavy atom. The molecule has 2 aromatic carbocycles. The summed E-state index contributed by atoms with van der Waals surface area (Å²) in [6.45, 7) is 6.81. The number of piperidine rings is 1. The third-order valence-electron chi connectivity index (χ3n) is 5.60. The minimum absolute atomic E-state index is 0. The van der Waals surface area contributed by atoms with Crippen LogP contribution in [0.3, 0.4) is 0 Å². The number of nitrogens with zero attached hydrogens (tertiary/aromatic N) is 4. The van der Waals surface area contributed by atoms with Gasteiger partial charge in [0.1, 0.15) is 0 Å². The summed E-state index contributed by atoms with van der Waals surface area (Å²) in [5.41, 5.74) is 3.55. The van der Waals surface area contributed by atoms with Gasteiger partial charge in [-0.25, -0.2) is 9.67 Å². The van der Waals surface area contributed by atoms with Crippen molar-refractivity contribution in [2.75, 3.05) is 19.6 Å². The smallest absolute Gasteiger partial charge is 0.191 e. The number of halogens is 1. The molecular formula is C25H33IN6. The number of hydrogen-bond acceptors (Lipinski definition) is 3. The number of aliphatic imine (C=N–C) groups is 1. The van der Waals surface area contributed by atoms with E-state index in [4.69, 9.17) is 4.99 Å². The third-order valence-corrected chi connectivity index (χ3v) is 5.60. The van der Waals surface area contributed by atoms with Gasteiger partial charge in [-0.3, -0.25) is 4.90 Å². The molecule has 0 spiro atoms. The second-order valence-electron chi connectivity index (χ2n) is 8.00. The molecule has 0 aliphatic carbocycles. The molecule has 32 heavy (non-hydrogen) atoms. The standard InChI is InChI=1S/C25H32N6.HI/c1-2-26-25(27-17-22-18-28-31(20-22)24-11-7-4-8-12-24)29-23-13-15-30(16-14-23)19-21-9-5-3-6-10-21;/h3-12,18,20,23H,2,13-17,19H2,1H3,(H2,26,27,29);1H.